The predicted octanol–water partition coefficient (Wildman–Crippen LogP) is 1.09. The van der Waals surface area contributed by atoms with E-state index in [9.17, 15) is 14.7 Å². The number of anilines is 1. The number of rotatable bonds is 2. The van der Waals surface area contributed by atoms with Crippen molar-refractivity contribution in [2.24, 2.45) is 5.41 Å². The van der Waals surface area contributed by atoms with E-state index in [4.69, 9.17) is 11.6 Å². The van der Waals surface area contributed by atoms with Crippen LogP contribution in [0.2, 0.25) is 4.34 Å². The summed E-state index contributed by atoms with van der Waals surface area (Å²) in [4.78, 5) is 29.5. The molecule has 0 aromatic carbocycles. The second kappa shape index (κ2) is 4.92. The van der Waals surface area contributed by atoms with Gasteiger partial charge < -0.3 is 15.3 Å². The minimum absolute atomic E-state index is 0.286. The van der Waals surface area contributed by atoms with E-state index in [1.54, 1.807) is 0 Å². The van der Waals surface area contributed by atoms with Gasteiger partial charge in [0.2, 0.25) is 11.8 Å². The zero-order valence-corrected chi connectivity index (χ0v) is 11.8. The van der Waals surface area contributed by atoms with Gasteiger partial charge in [-0.05, 0) is 13.0 Å². The van der Waals surface area contributed by atoms with Gasteiger partial charge in [-0.15, -0.1) is 0 Å². The Balaban J connectivity index is 2.25. The molecule has 1 aliphatic rings. The summed E-state index contributed by atoms with van der Waals surface area (Å²) in [6.45, 7) is 1.39. The lowest BCUT2D eigenvalue weighted by Gasteiger charge is -2.35. The third-order valence-electron chi connectivity index (χ3n) is 3.02. The molecule has 0 aliphatic carbocycles. The van der Waals surface area contributed by atoms with Crippen molar-refractivity contribution in [3.8, 4) is 0 Å². The predicted molar refractivity (Wildman–Crippen MR) is 71.8 cm³/mol. The summed E-state index contributed by atoms with van der Waals surface area (Å²) in [5, 5.41) is 12.7. The molecule has 2 heterocycles. The molecule has 2 rings (SSSR count). The fourth-order valence-corrected chi connectivity index (χ4v) is 2.54. The van der Waals surface area contributed by atoms with E-state index in [1.165, 1.54) is 37.3 Å². The van der Waals surface area contributed by atoms with Gasteiger partial charge in [0, 0.05) is 13.2 Å². The van der Waals surface area contributed by atoms with Gasteiger partial charge in [0.05, 0.1) is 12.3 Å². The molecule has 8 heteroatoms. The van der Waals surface area contributed by atoms with Crippen molar-refractivity contribution in [3.63, 3.8) is 0 Å². The van der Waals surface area contributed by atoms with Crippen molar-refractivity contribution in [3.05, 3.63) is 22.8 Å². The highest BCUT2D eigenvalue weighted by Gasteiger charge is 2.50. The third kappa shape index (κ3) is 2.36. The molecule has 0 spiro atoms. The average Bonchev–Trinajstić information content (AvgIpc) is 2.77. The smallest absolute Gasteiger partial charge is 0.244 e. The van der Waals surface area contributed by atoms with Gasteiger partial charge in [0.15, 0.2) is 10.5 Å². The first-order valence-electron chi connectivity index (χ1n) is 5.42. The van der Waals surface area contributed by atoms with Crippen molar-refractivity contribution in [2.75, 3.05) is 12.4 Å². The molecule has 1 aliphatic heterocycles. The number of carbonyl (C=O) groups excluding carboxylic acids is 2. The zero-order valence-electron chi connectivity index (χ0n) is 10.3. The molecule has 19 heavy (non-hydrogen) atoms. The normalized spacial score (nSPS) is 26.6. The maximum atomic E-state index is 12.2. The molecule has 0 saturated heterocycles. The SMILES string of the molecule is CN1C=CC(O)C(C)(C(=O)Nc2ncc(Cl)s2)C1=O. The van der Waals surface area contributed by atoms with Crippen LogP contribution in [-0.2, 0) is 9.59 Å². The lowest BCUT2D eigenvalue weighted by Crippen LogP contribution is -2.55. The van der Waals surface area contributed by atoms with Crippen LogP contribution >= 0.6 is 22.9 Å². The van der Waals surface area contributed by atoms with E-state index in [-0.39, 0.29) is 5.13 Å². The number of aliphatic hydroxyl groups is 1. The van der Waals surface area contributed by atoms with Gasteiger partial charge >= 0.3 is 0 Å². The van der Waals surface area contributed by atoms with Crippen LogP contribution in [0.1, 0.15) is 6.92 Å². The molecule has 1 aromatic heterocycles. The topological polar surface area (TPSA) is 82.5 Å². The fourth-order valence-electron chi connectivity index (χ4n) is 1.73. The molecule has 6 nitrogen and oxygen atoms in total. The van der Waals surface area contributed by atoms with E-state index in [0.717, 1.165) is 11.3 Å². The molecule has 0 bridgehead atoms. The highest BCUT2D eigenvalue weighted by Crippen LogP contribution is 2.32. The Morgan fingerprint density at radius 1 is 1.68 bits per heavy atom. The van der Waals surface area contributed by atoms with E-state index < -0.39 is 23.3 Å². The average molecular weight is 302 g/mol. The molecule has 0 saturated carbocycles. The second-order valence-electron chi connectivity index (χ2n) is 4.33. The van der Waals surface area contributed by atoms with E-state index >= 15 is 0 Å². The monoisotopic (exact) mass is 301 g/mol. The molecule has 2 unspecified atom stereocenters. The van der Waals surface area contributed by atoms with Crippen molar-refractivity contribution in [1.82, 2.24) is 9.88 Å². The fraction of sp³-hybridized carbons (Fsp3) is 0.364. The minimum atomic E-state index is -1.58. The first kappa shape index (κ1) is 14.0. The van der Waals surface area contributed by atoms with Gasteiger partial charge in [-0.3, -0.25) is 9.59 Å². The lowest BCUT2D eigenvalue weighted by atomic mass is 9.80. The van der Waals surface area contributed by atoms with Gasteiger partial charge in [-0.2, -0.15) is 0 Å². The van der Waals surface area contributed by atoms with Gasteiger partial charge in [0.25, 0.3) is 0 Å². The standard InChI is InChI=1S/C11H12ClN3O3S/c1-11(6(16)3-4-15(2)9(11)18)8(17)14-10-13-5-7(12)19-10/h3-6,16H,1-2H3,(H,13,14,17). The van der Waals surface area contributed by atoms with E-state index in [0.29, 0.717) is 4.34 Å². The Bertz CT molecular complexity index is 559. The maximum Gasteiger partial charge on any atom is 0.244 e. The molecule has 2 N–H and O–H groups in total. The van der Waals surface area contributed by atoms with Crippen LogP contribution in [-0.4, -0.2) is 40.0 Å². The molecule has 2 amide bonds. The highest BCUT2D eigenvalue weighted by molar-refractivity contribution is 7.19. The Morgan fingerprint density at radius 2 is 2.37 bits per heavy atom. The van der Waals surface area contributed by atoms with Gasteiger partial charge in [-0.25, -0.2) is 4.98 Å². The summed E-state index contributed by atoms with van der Waals surface area (Å²) in [5.41, 5.74) is -1.58. The van der Waals surface area contributed by atoms with E-state index in [2.05, 4.69) is 10.3 Å². The zero-order chi connectivity index (χ0) is 14.2. The molecule has 102 valence electrons. The Morgan fingerprint density at radius 3 is 2.95 bits per heavy atom. The number of nitrogens with one attached hydrogen (secondary N) is 1. The summed E-state index contributed by atoms with van der Waals surface area (Å²) in [5.74, 6) is -1.10. The van der Waals surface area contributed by atoms with Crippen LogP contribution in [0.4, 0.5) is 5.13 Å². The van der Waals surface area contributed by atoms with Crippen LogP contribution in [0.25, 0.3) is 0 Å². The third-order valence-corrected chi connectivity index (χ3v) is 4.05. The van der Waals surface area contributed by atoms with Crippen LogP contribution in [0.3, 0.4) is 0 Å². The number of carbonyl (C=O) groups is 2. The molecular weight excluding hydrogens is 290 g/mol. The second-order valence-corrected chi connectivity index (χ2v) is 5.99. The Labute approximate surface area is 118 Å². The number of thiazole rings is 1. The molecule has 0 radical (unpaired) electrons. The number of nitrogens with zero attached hydrogens (tertiary/aromatic N) is 2. The number of aromatic nitrogens is 1. The summed E-state index contributed by atoms with van der Waals surface area (Å²) in [6.07, 6.45) is 3.04. The number of hydrogen-bond donors (Lipinski definition) is 2. The van der Waals surface area contributed by atoms with Crippen LogP contribution < -0.4 is 5.32 Å². The van der Waals surface area contributed by atoms with Gasteiger partial charge in [-0.1, -0.05) is 22.9 Å². The lowest BCUT2D eigenvalue weighted by molar-refractivity contribution is -0.151. The molecule has 2 atom stereocenters. The summed E-state index contributed by atoms with van der Waals surface area (Å²) < 4.78 is 0.424. The summed E-state index contributed by atoms with van der Waals surface area (Å²) in [6, 6.07) is 0. The maximum absolute atomic E-state index is 12.2. The Kier molecular flexibility index (Phi) is 3.62. The van der Waals surface area contributed by atoms with Crippen LogP contribution in [0.15, 0.2) is 18.5 Å². The quantitative estimate of drug-likeness (QED) is 0.801. The first-order valence-corrected chi connectivity index (χ1v) is 6.61. The largest absolute Gasteiger partial charge is 0.387 e. The number of amides is 2. The number of halogens is 1. The number of aliphatic hydroxyl groups excluding tert-OH is 1. The van der Waals surface area contributed by atoms with Crippen molar-refractivity contribution in [1.29, 1.82) is 0 Å². The Hall–Kier alpha value is -1.44. The van der Waals surface area contributed by atoms with Gasteiger partial charge in [0.1, 0.15) is 4.34 Å². The highest BCUT2D eigenvalue weighted by atomic mass is 35.5. The van der Waals surface area contributed by atoms with Crippen LogP contribution in [0.5, 0.6) is 0 Å². The summed E-state index contributed by atoms with van der Waals surface area (Å²) in [7, 11) is 1.52. The van der Waals surface area contributed by atoms with Crippen molar-refractivity contribution < 1.29 is 14.7 Å². The minimum Gasteiger partial charge on any atom is -0.387 e. The first-order chi connectivity index (χ1) is 8.85. The number of hydrogen-bond acceptors (Lipinski definition) is 5. The summed E-state index contributed by atoms with van der Waals surface area (Å²) >= 11 is 6.79. The molecule has 1 aromatic rings. The molecule has 0 fully saturated rings. The van der Waals surface area contributed by atoms with E-state index in [1.807, 2.05) is 0 Å². The molecular formula is C11H12ClN3O3S. The van der Waals surface area contributed by atoms with Crippen molar-refractivity contribution in [2.45, 2.75) is 13.0 Å². The van der Waals surface area contributed by atoms with Crippen molar-refractivity contribution >= 4 is 39.9 Å². The van der Waals surface area contributed by atoms with Crippen LogP contribution in [0, 0.1) is 5.41 Å².